The van der Waals surface area contributed by atoms with Gasteiger partial charge in [-0.3, -0.25) is 0 Å². The Labute approximate surface area is 82.7 Å². The van der Waals surface area contributed by atoms with Gasteiger partial charge in [0.25, 0.3) is 0 Å². The molecule has 0 aromatic rings. The van der Waals surface area contributed by atoms with E-state index in [1.54, 1.807) is 11.1 Å². The summed E-state index contributed by atoms with van der Waals surface area (Å²) >= 11 is 0. The van der Waals surface area contributed by atoms with E-state index in [2.05, 4.69) is 39.8 Å². The number of hydrogen-bond donors (Lipinski definition) is 0. The van der Waals surface area contributed by atoms with Crippen LogP contribution in [0.4, 0.5) is 0 Å². The lowest BCUT2D eigenvalue weighted by Gasteiger charge is -2.09. The second kappa shape index (κ2) is 4.64. The molecule has 0 heterocycles. The Morgan fingerprint density at radius 1 is 0.923 bits per heavy atom. The fourth-order valence-corrected chi connectivity index (χ4v) is 1.97. The van der Waals surface area contributed by atoms with Gasteiger partial charge in [0.15, 0.2) is 0 Å². The maximum Gasteiger partial charge on any atom is -0.0102 e. The summed E-state index contributed by atoms with van der Waals surface area (Å²) in [6.45, 7) is 9.17. The third kappa shape index (κ3) is 3.80. The summed E-state index contributed by atoms with van der Waals surface area (Å²) in [4.78, 5) is 0. The van der Waals surface area contributed by atoms with Crippen molar-refractivity contribution in [1.82, 2.24) is 0 Å². The maximum atomic E-state index is 2.33. The lowest BCUT2D eigenvalue weighted by Crippen LogP contribution is -1.93. The Kier molecular flexibility index (Phi) is 3.77. The molecule has 0 spiro atoms. The minimum Gasteiger partial charge on any atom is -0.0659 e. The van der Waals surface area contributed by atoms with E-state index < -0.39 is 0 Å². The van der Waals surface area contributed by atoms with Gasteiger partial charge >= 0.3 is 0 Å². The standard InChI is InChI=1S/C13H22/c1-10(2)7-12-5-6-13(9-12)8-11(3)4/h5-6,10-11H,7-9H2,1-4H3. The van der Waals surface area contributed by atoms with Crippen LogP contribution in [0, 0.1) is 11.8 Å². The molecule has 0 heteroatoms. The first-order valence-electron chi connectivity index (χ1n) is 5.45. The van der Waals surface area contributed by atoms with Gasteiger partial charge in [0.2, 0.25) is 0 Å². The van der Waals surface area contributed by atoms with Crippen molar-refractivity contribution >= 4 is 0 Å². The molecule has 0 unspecified atom stereocenters. The summed E-state index contributed by atoms with van der Waals surface area (Å²) in [5.74, 6) is 1.61. The number of hydrogen-bond acceptors (Lipinski definition) is 0. The zero-order valence-corrected chi connectivity index (χ0v) is 9.43. The minimum absolute atomic E-state index is 0.804. The molecule has 0 aromatic heterocycles. The molecule has 0 radical (unpaired) electrons. The molecule has 0 atom stereocenters. The van der Waals surface area contributed by atoms with Gasteiger partial charge in [-0.05, 0) is 31.1 Å². The molecule has 0 aliphatic heterocycles. The second-order valence-electron chi connectivity index (χ2n) is 5.02. The number of allylic oxidation sites excluding steroid dienone is 4. The minimum atomic E-state index is 0.804. The van der Waals surface area contributed by atoms with Crippen molar-refractivity contribution in [3.63, 3.8) is 0 Å². The fraction of sp³-hybridized carbons (Fsp3) is 0.692. The zero-order valence-electron chi connectivity index (χ0n) is 9.43. The molecule has 1 aliphatic carbocycles. The molecule has 13 heavy (non-hydrogen) atoms. The first-order chi connectivity index (χ1) is 6.08. The third-order valence-corrected chi connectivity index (χ3v) is 2.35. The highest BCUT2D eigenvalue weighted by atomic mass is 14.2. The fourth-order valence-electron chi connectivity index (χ4n) is 1.97. The predicted octanol–water partition coefficient (Wildman–Crippen LogP) is 4.34. The highest BCUT2D eigenvalue weighted by Crippen LogP contribution is 2.28. The molecular formula is C13H22. The summed E-state index contributed by atoms with van der Waals surface area (Å²) < 4.78 is 0. The summed E-state index contributed by atoms with van der Waals surface area (Å²) in [5, 5.41) is 0. The monoisotopic (exact) mass is 178 g/mol. The predicted molar refractivity (Wildman–Crippen MR) is 59.7 cm³/mol. The Hall–Kier alpha value is -0.520. The lowest BCUT2D eigenvalue weighted by molar-refractivity contribution is 0.613. The van der Waals surface area contributed by atoms with Crippen LogP contribution in [-0.4, -0.2) is 0 Å². The van der Waals surface area contributed by atoms with Gasteiger partial charge in [-0.2, -0.15) is 0 Å². The zero-order chi connectivity index (χ0) is 9.84. The van der Waals surface area contributed by atoms with Gasteiger partial charge in [0.05, 0.1) is 0 Å². The molecule has 1 rings (SSSR count). The van der Waals surface area contributed by atoms with Crippen LogP contribution in [0.3, 0.4) is 0 Å². The molecule has 0 N–H and O–H groups in total. The molecule has 0 saturated heterocycles. The van der Waals surface area contributed by atoms with Crippen LogP contribution < -0.4 is 0 Å². The average Bonchev–Trinajstić information content (AvgIpc) is 2.33. The number of rotatable bonds is 4. The molecule has 0 nitrogen and oxygen atoms in total. The molecule has 0 aromatic carbocycles. The van der Waals surface area contributed by atoms with Crippen LogP contribution in [0.25, 0.3) is 0 Å². The molecule has 0 saturated carbocycles. The molecule has 0 fully saturated rings. The van der Waals surface area contributed by atoms with Crippen molar-refractivity contribution in [3.05, 3.63) is 23.3 Å². The SMILES string of the molecule is CC(C)CC1=CC=C(CC(C)C)C1. The van der Waals surface area contributed by atoms with Crippen LogP contribution in [0.2, 0.25) is 0 Å². The first-order valence-corrected chi connectivity index (χ1v) is 5.45. The van der Waals surface area contributed by atoms with Gasteiger partial charge in [0.1, 0.15) is 0 Å². The van der Waals surface area contributed by atoms with Crippen LogP contribution in [-0.2, 0) is 0 Å². The average molecular weight is 178 g/mol. The lowest BCUT2D eigenvalue weighted by atomic mass is 9.97. The highest BCUT2D eigenvalue weighted by Gasteiger charge is 2.10. The Morgan fingerprint density at radius 2 is 1.31 bits per heavy atom. The van der Waals surface area contributed by atoms with Gasteiger partial charge in [-0.25, -0.2) is 0 Å². The van der Waals surface area contributed by atoms with E-state index in [4.69, 9.17) is 0 Å². The van der Waals surface area contributed by atoms with Crippen molar-refractivity contribution in [3.8, 4) is 0 Å². The summed E-state index contributed by atoms with van der Waals surface area (Å²) in [7, 11) is 0. The van der Waals surface area contributed by atoms with E-state index in [0.29, 0.717) is 0 Å². The largest absolute Gasteiger partial charge is 0.0659 e. The van der Waals surface area contributed by atoms with Crippen molar-refractivity contribution < 1.29 is 0 Å². The van der Waals surface area contributed by atoms with Crippen molar-refractivity contribution in [2.75, 3.05) is 0 Å². The summed E-state index contributed by atoms with van der Waals surface area (Å²) in [5.41, 5.74) is 3.26. The summed E-state index contributed by atoms with van der Waals surface area (Å²) in [6, 6.07) is 0. The van der Waals surface area contributed by atoms with Crippen molar-refractivity contribution in [2.24, 2.45) is 11.8 Å². The van der Waals surface area contributed by atoms with Crippen molar-refractivity contribution in [1.29, 1.82) is 0 Å². The molecule has 0 amide bonds. The normalized spacial score (nSPS) is 16.8. The van der Waals surface area contributed by atoms with Crippen LogP contribution in [0.15, 0.2) is 23.3 Å². The van der Waals surface area contributed by atoms with Gasteiger partial charge in [-0.15, -0.1) is 0 Å². The van der Waals surface area contributed by atoms with Crippen LogP contribution >= 0.6 is 0 Å². The highest BCUT2D eigenvalue weighted by molar-refractivity contribution is 5.30. The van der Waals surface area contributed by atoms with Gasteiger partial charge < -0.3 is 0 Å². The van der Waals surface area contributed by atoms with E-state index in [0.717, 1.165) is 11.8 Å². The quantitative estimate of drug-likeness (QED) is 0.601. The van der Waals surface area contributed by atoms with Gasteiger partial charge in [-0.1, -0.05) is 51.0 Å². The van der Waals surface area contributed by atoms with E-state index in [1.807, 2.05) is 0 Å². The smallest absolute Gasteiger partial charge is 0.0102 e. The van der Waals surface area contributed by atoms with E-state index >= 15 is 0 Å². The molecule has 0 bridgehead atoms. The Morgan fingerprint density at radius 3 is 1.62 bits per heavy atom. The Balaban J connectivity index is 2.31. The maximum absolute atomic E-state index is 2.33. The molecular weight excluding hydrogens is 156 g/mol. The first kappa shape index (κ1) is 10.6. The van der Waals surface area contributed by atoms with Gasteiger partial charge in [0, 0.05) is 0 Å². The van der Waals surface area contributed by atoms with E-state index in [9.17, 15) is 0 Å². The Bertz CT molecular complexity index is 192. The van der Waals surface area contributed by atoms with Crippen LogP contribution in [0.1, 0.15) is 47.0 Å². The summed E-state index contributed by atoms with van der Waals surface area (Å²) in [6.07, 6.45) is 8.46. The topological polar surface area (TPSA) is 0 Å². The third-order valence-electron chi connectivity index (χ3n) is 2.35. The molecule has 1 aliphatic rings. The van der Waals surface area contributed by atoms with Crippen molar-refractivity contribution in [2.45, 2.75) is 47.0 Å². The van der Waals surface area contributed by atoms with Crippen LogP contribution in [0.5, 0.6) is 0 Å². The van der Waals surface area contributed by atoms with E-state index in [-0.39, 0.29) is 0 Å². The second-order valence-corrected chi connectivity index (χ2v) is 5.02. The van der Waals surface area contributed by atoms with E-state index in [1.165, 1.54) is 19.3 Å². The molecule has 74 valence electrons.